The fourth-order valence-corrected chi connectivity index (χ4v) is 8.34. The summed E-state index contributed by atoms with van der Waals surface area (Å²) in [6, 6.07) is -0.850. The molecule has 12 atom stereocenters. The van der Waals surface area contributed by atoms with Crippen molar-refractivity contribution in [3.8, 4) is 0 Å². The first-order chi connectivity index (χ1) is 32.1. The summed E-state index contributed by atoms with van der Waals surface area (Å²) in [5.41, 5.74) is 0. The minimum absolute atomic E-state index is 0.249. The van der Waals surface area contributed by atoms with E-state index < -0.39 is 86.8 Å². The van der Waals surface area contributed by atoms with Crippen LogP contribution < -0.4 is 5.32 Å². The van der Waals surface area contributed by atoms with Crippen LogP contribution in [0.2, 0.25) is 0 Å². The Morgan fingerprint density at radius 3 is 1.58 bits per heavy atom. The third kappa shape index (κ3) is 25.5. The van der Waals surface area contributed by atoms with Gasteiger partial charge < -0.3 is 65.1 Å². The number of allylic oxidation sites excluding steroid dienone is 8. The lowest BCUT2D eigenvalue weighted by Gasteiger charge is -2.46. The molecule has 14 nitrogen and oxygen atoms in total. The van der Waals surface area contributed by atoms with E-state index in [1.807, 2.05) is 0 Å². The lowest BCUT2D eigenvalue weighted by atomic mass is 9.97. The van der Waals surface area contributed by atoms with E-state index in [-0.39, 0.29) is 18.9 Å². The molecule has 0 aliphatic carbocycles. The molecule has 2 saturated heterocycles. The van der Waals surface area contributed by atoms with Gasteiger partial charge in [-0.2, -0.15) is 0 Å². The predicted molar refractivity (Wildman–Crippen MR) is 258 cm³/mol. The van der Waals surface area contributed by atoms with E-state index in [0.29, 0.717) is 12.8 Å². The molecule has 0 radical (unpaired) electrons. The monoisotopic (exact) mass is 940 g/mol. The molecule has 0 aromatic heterocycles. The van der Waals surface area contributed by atoms with E-state index >= 15 is 0 Å². The molecule has 0 saturated carbocycles. The minimum atomic E-state index is -1.79. The molecule has 0 spiro atoms. The minimum Gasteiger partial charge on any atom is -0.394 e. The maximum atomic E-state index is 13.2. The molecule has 2 aliphatic heterocycles. The van der Waals surface area contributed by atoms with Crippen molar-refractivity contribution in [2.45, 2.75) is 254 Å². The number of hydrogen-bond acceptors (Lipinski definition) is 13. The second-order valence-corrected chi connectivity index (χ2v) is 18.3. The summed E-state index contributed by atoms with van der Waals surface area (Å²) in [6.07, 6.45) is 28.3. The summed E-state index contributed by atoms with van der Waals surface area (Å²) in [5, 5.41) is 86.9. The van der Waals surface area contributed by atoms with Gasteiger partial charge in [-0.3, -0.25) is 4.79 Å². The first kappa shape index (κ1) is 60.1. The van der Waals surface area contributed by atoms with Crippen LogP contribution in [-0.2, 0) is 23.7 Å². The Morgan fingerprint density at radius 1 is 0.561 bits per heavy atom. The molecule has 1 amide bonds. The number of hydrogen-bond donors (Lipinski definition) is 9. The highest BCUT2D eigenvalue weighted by atomic mass is 16.7. The molecule has 2 aliphatic rings. The van der Waals surface area contributed by atoms with Gasteiger partial charge in [-0.25, -0.2) is 0 Å². The third-order valence-corrected chi connectivity index (χ3v) is 12.6. The summed E-state index contributed by atoms with van der Waals surface area (Å²) in [7, 11) is 0. The van der Waals surface area contributed by atoms with Crippen LogP contribution in [0.5, 0.6) is 0 Å². The van der Waals surface area contributed by atoms with Crippen LogP contribution in [0.15, 0.2) is 48.6 Å². The normalized spacial score (nSPS) is 27.2. The molecular weight excluding hydrogens is 847 g/mol. The van der Waals surface area contributed by atoms with Gasteiger partial charge in [0.05, 0.1) is 32.0 Å². The van der Waals surface area contributed by atoms with Gasteiger partial charge in [0.25, 0.3) is 0 Å². The molecule has 0 aromatic carbocycles. The quantitative estimate of drug-likeness (QED) is 0.0227. The predicted octanol–water partition coefficient (Wildman–Crippen LogP) is 6.88. The van der Waals surface area contributed by atoms with Gasteiger partial charge in [0.15, 0.2) is 12.6 Å². The van der Waals surface area contributed by atoms with Crippen molar-refractivity contribution in [1.29, 1.82) is 0 Å². The van der Waals surface area contributed by atoms with Gasteiger partial charge in [0, 0.05) is 6.42 Å². The zero-order valence-electron chi connectivity index (χ0n) is 40.7. The average Bonchev–Trinajstić information content (AvgIpc) is 3.31. The zero-order valence-corrected chi connectivity index (χ0v) is 40.7. The van der Waals surface area contributed by atoms with Gasteiger partial charge >= 0.3 is 0 Å². The Labute approximate surface area is 397 Å². The highest BCUT2D eigenvalue weighted by Crippen LogP contribution is 2.30. The van der Waals surface area contributed by atoms with Crippen molar-refractivity contribution in [2.24, 2.45) is 0 Å². The van der Waals surface area contributed by atoms with Gasteiger partial charge in [0.1, 0.15) is 48.8 Å². The van der Waals surface area contributed by atoms with Crippen LogP contribution in [0.25, 0.3) is 0 Å². The van der Waals surface area contributed by atoms with E-state index in [1.54, 1.807) is 0 Å². The van der Waals surface area contributed by atoms with Gasteiger partial charge in [-0.15, -0.1) is 0 Å². The average molecular weight is 940 g/mol. The summed E-state index contributed by atoms with van der Waals surface area (Å²) in [5.74, 6) is -0.249. The van der Waals surface area contributed by atoms with Crippen molar-refractivity contribution in [3.63, 3.8) is 0 Å². The lowest BCUT2D eigenvalue weighted by Crippen LogP contribution is -2.65. The number of carbonyl (C=O) groups excluding carboxylic acids is 1. The van der Waals surface area contributed by atoms with Crippen LogP contribution in [0.4, 0.5) is 0 Å². The molecule has 12 unspecified atom stereocenters. The van der Waals surface area contributed by atoms with E-state index in [4.69, 9.17) is 18.9 Å². The number of aliphatic hydroxyl groups is 8. The van der Waals surface area contributed by atoms with Crippen molar-refractivity contribution >= 4 is 5.91 Å². The maximum absolute atomic E-state index is 13.2. The highest BCUT2D eigenvalue weighted by molar-refractivity contribution is 5.76. The molecule has 384 valence electrons. The number of unbranched alkanes of at least 4 members (excludes halogenated alkanes) is 18. The van der Waals surface area contributed by atoms with E-state index in [1.165, 1.54) is 83.5 Å². The van der Waals surface area contributed by atoms with Crippen molar-refractivity contribution in [3.05, 3.63) is 48.6 Å². The van der Waals surface area contributed by atoms with Crippen LogP contribution in [0, 0.1) is 0 Å². The molecule has 14 heteroatoms. The summed E-state index contributed by atoms with van der Waals surface area (Å²) < 4.78 is 22.7. The van der Waals surface area contributed by atoms with E-state index in [0.717, 1.165) is 64.2 Å². The molecule has 2 fully saturated rings. The Kier molecular flexibility index (Phi) is 35.3. The van der Waals surface area contributed by atoms with Crippen LogP contribution in [-0.4, -0.2) is 140 Å². The Morgan fingerprint density at radius 2 is 1.05 bits per heavy atom. The largest absolute Gasteiger partial charge is 0.394 e. The smallest absolute Gasteiger partial charge is 0.220 e. The van der Waals surface area contributed by atoms with Gasteiger partial charge in [-0.1, -0.05) is 172 Å². The number of carbonyl (C=O) groups is 1. The number of nitrogens with one attached hydrogen (secondary N) is 1. The standard InChI is InChI=1S/C52H93NO13/c1-3-5-7-9-11-13-15-17-19-20-22-23-25-27-29-31-33-35-41(56)40(53-44(57)36-34-32-30-28-26-24-21-18-16-14-12-10-8-6-4-2)39-63-51-49(62)47(60)50(43(38-55)65-51)66-52-48(61)46(59)45(58)42(37-54)64-52/h6,8,12,14,18,21,26,28,40-43,45-52,54-56,58-62H,3-5,7,9-11,13,15-17,19-20,22-25,27,29-39H2,1-2H3,(H,53,57)/b8-6-,14-12-,21-18-,28-26-. The summed E-state index contributed by atoms with van der Waals surface area (Å²) in [4.78, 5) is 13.2. The second-order valence-electron chi connectivity index (χ2n) is 18.3. The maximum Gasteiger partial charge on any atom is 0.220 e. The van der Waals surface area contributed by atoms with Crippen LogP contribution >= 0.6 is 0 Å². The van der Waals surface area contributed by atoms with Gasteiger partial charge in [-0.05, 0) is 51.4 Å². The van der Waals surface area contributed by atoms with Crippen LogP contribution in [0.3, 0.4) is 0 Å². The van der Waals surface area contributed by atoms with Gasteiger partial charge in [0.2, 0.25) is 5.91 Å². The van der Waals surface area contributed by atoms with Crippen molar-refractivity contribution < 1.29 is 64.6 Å². The lowest BCUT2D eigenvalue weighted by molar-refractivity contribution is -0.359. The first-order valence-corrected chi connectivity index (χ1v) is 25.9. The number of amides is 1. The molecule has 66 heavy (non-hydrogen) atoms. The second kappa shape index (κ2) is 38.8. The Bertz CT molecular complexity index is 1290. The zero-order chi connectivity index (χ0) is 48.2. The highest BCUT2D eigenvalue weighted by Gasteiger charge is 2.51. The SMILES string of the molecule is CC/C=C\C/C=C\C/C=C\C/C=C\CCCCC(=O)NC(COC1OC(CO)C(OC2OC(CO)C(O)C(O)C2O)C(O)C1O)C(O)CCCCCCCCCCCCCCCCCCC. The topological polar surface area (TPSA) is 228 Å². The fraction of sp³-hybridized carbons (Fsp3) is 0.827. The summed E-state index contributed by atoms with van der Waals surface area (Å²) in [6.45, 7) is 2.70. The van der Waals surface area contributed by atoms with E-state index in [2.05, 4.69) is 67.8 Å². The Balaban J connectivity index is 1.85. The fourth-order valence-electron chi connectivity index (χ4n) is 8.34. The van der Waals surface area contributed by atoms with Crippen LogP contribution in [0.1, 0.15) is 181 Å². The molecular formula is C52H93NO13. The number of aliphatic hydroxyl groups excluding tert-OH is 8. The molecule has 9 N–H and O–H groups in total. The summed E-state index contributed by atoms with van der Waals surface area (Å²) >= 11 is 0. The first-order valence-electron chi connectivity index (χ1n) is 25.9. The molecule has 2 rings (SSSR count). The molecule has 0 bridgehead atoms. The van der Waals surface area contributed by atoms with E-state index in [9.17, 15) is 45.6 Å². The number of rotatable bonds is 39. The Hall–Kier alpha value is -2.05. The molecule has 0 aromatic rings. The molecule has 2 heterocycles. The third-order valence-electron chi connectivity index (χ3n) is 12.6. The van der Waals surface area contributed by atoms with Crippen molar-refractivity contribution in [2.75, 3.05) is 19.8 Å². The number of ether oxygens (including phenoxy) is 4. The van der Waals surface area contributed by atoms with Crippen molar-refractivity contribution in [1.82, 2.24) is 5.32 Å².